The van der Waals surface area contributed by atoms with E-state index in [1.165, 1.54) is 22.5 Å². The number of piperidine rings is 1. The van der Waals surface area contributed by atoms with Crippen LogP contribution in [-0.4, -0.2) is 58.8 Å². The minimum atomic E-state index is -0.592. The number of rotatable bonds is 2. The molecule has 1 saturated heterocycles. The number of imide groups is 1. The zero-order valence-corrected chi connectivity index (χ0v) is 15.2. The van der Waals surface area contributed by atoms with Gasteiger partial charge in [0.25, 0.3) is 5.91 Å². The molecule has 1 aromatic rings. The molecule has 0 saturated carbocycles. The first-order valence-corrected chi connectivity index (χ1v) is 9.45. The van der Waals surface area contributed by atoms with Gasteiger partial charge in [-0.25, -0.2) is 9.79 Å². The molecule has 0 radical (unpaired) electrons. The van der Waals surface area contributed by atoms with Crippen molar-refractivity contribution in [1.82, 2.24) is 9.80 Å². The van der Waals surface area contributed by atoms with Gasteiger partial charge in [0.05, 0.1) is 9.21 Å². The number of amidine groups is 1. The maximum Gasteiger partial charge on any atom is 0.352 e. The summed E-state index contributed by atoms with van der Waals surface area (Å²) < 4.78 is 0.574. The molecule has 0 aliphatic carbocycles. The Kier molecular flexibility index (Phi) is 4.46. The third-order valence-corrected chi connectivity index (χ3v) is 5.91. The standard InChI is InChI=1S/C17H15ClN4O3S/c18-13-4-3-12(26-13)16(24)21-8-5-10(6-9-21)22-15(23)11-2-1-7-19-14(11)20-17(22)25/h1-4,7,10-11H,5-6,8-9H2. The Morgan fingerprint density at radius 1 is 1.23 bits per heavy atom. The van der Waals surface area contributed by atoms with E-state index in [1.807, 2.05) is 0 Å². The predicted molar refractivity (Wildman–Crippen MR) is 99.1 cm³/mol. The minimum Gasteiger partial charge on any atom is -0.338 e. The molecule has 0 N–H and O–H groups in total. The fourth-order valence-electron chi connectivity index (χ4n) is 3.38. The molecule has 4 rings (SSSR count). The maximum absolute atomic E-state index is 12.7. The van der Waals surface area contributed by atoms with E-state index in [9.17, 15) is 14.4 Å². The molecular weight excluding hydrogens is 376 g/mol. The highest BCUT2D eigenvalue weighted by Gasteiger charge is 2.41. The number of carbonyl (C=O) groups is 3. The molecule has 9 heteroatoms. The summed E-state index contributed by atoms with van der Waals surface area (Å²) in [6.07, 6.45) is 5.97. The Balaban J connectivity index is 1.45. The number of amides is 4. The largest absolute Gasteiger partial charge is 0.352 e. The molecule has 3 aliphatic rings. The third-order valence-electron chi connectivity index (χ3n) is 4.70. The summed E-state index contributed by atoms with van der Waals surface area (Å²) in [7, 11) is 0. The minimum absolute atomic E-state index is 0.0681. The Labute approximate surface area is 158 Å². The van der Waals surface area contributed by atoms with Crippen molar-refractivity contribution < 1.29 is 14.4 Å². The fourth-order valence-corrected chi connectivity index (χ4v) is 4.39. The molecule has 4 amide bonds. The van der Waals surface area contributed by atoms with E-state index in [4.69, 9.17) is 11.6 Å². The van der Waals surface area contributed by atoms with Crippen molar-refractivity contribution in [3.63, 3.8) is 0 Å². The topological polar surface area (TPSA) is 82.4 Å². The van der Waals surface area contributed by atoms with E-state index >= 15 is 0 Å². The second-order valence-corrected chi connectivity index (χ2v) is 7.94. The number of nitrogens with zero attached hydrogens (tertiary/aromatic N) is 4. The summed E-state index contributed by atoms with van der Waals surface area (Å²) in [5, 5.41) is 0. The summed E-state index contributed by atoms with van der Waals surface area (Å²) in [4.78, 5) is 49.1. The van der Waals surface area contributed by atoms with Crippen molar-refractivity contribution in [3.05, 3.63) is 33.5 Å². The molecule has 7 nitrogen and oxygen atoms in total. The number of urea groups is 1. The van der Waals surface area contributed by atoms with E-state index in [0.29, 0.717) is 35.1 Å². The van der Waals surface area contributed by atoms with Gasteiger partial charge >= 0.3 is 6.03 Å². The van der Waals surface area contributed by atoms with E-state index in [-0.39, 0.29) is 23.7 Å². The molecular formula is C17H15ClN4O3S. The van der Waals surface area contributed by atoms with Crippen LogP contribution in [0.15, 0.2) is 34.3 Å². The van der Waals surface area contributed by atoms with Crippen LogP contribution in [0.1, 0.15) is 22.5 Å². The van der Waals surface area contributed by atoms with Crippen LogP contribution in [0, 0.1) is 5.92 Å². The fraction of sp³-hybridized carbons (Fsp3) is 0.353. The van der Waals surface area contributed by atoms with Crippen molar-refractivity contribution in [1.29, 1.82) is 0 Å². The van der Waals surface area contributed by atoms with Gasteiger partial charge in [0.2, 0.25) is 5.91 Å². The van der Waals surface area contributed by atoms with Crippen LogP contribution in [0.25, 0.3) is 0 Å². The van der Waals surface area contributed by atoms with E-state index in [1.54, 1.807) is 29.2 Å². The van der Waals surface area contributed by atoms with Gasteiger partial charge in [0.15, 0.2) is 0 Å². The van der Waals surface area contributed by atoms with Crippen LogP contribution in [0.4, 0.5) is 4.79 Å². The summed E-state index contributed by atoms with van der Waals surface area (Å²) in [5.74, 6) is -0.698. The van der Waals surface area contributed by atoms with Gasteiger partial charge < -0.3 is 4.90 Å². The van der Waals surface area contributed by atoms with E-state index in [0.717, 1.165) is 0 Å². The first-order chi connectivity index (χ1) is 12.5. The quantitative estimate of drug-likeness (QED) is 0.778. The van der Waals surface area contributed by atoms with Crippen LogP contribution < -0.4 is 0 Å². The van der Waals surface area contributed by atoms with Gasteiger partial charge in [0.1, 0.15) is 11.8 Å². The molecule has 1 atom stereocenters. The lowest BCUT2D eigenvalue weighted by Crippen LogP contribution is -2.54. The number of likely N-dealkylation sites (tertiary alicyclic amines) is 1. The number of halogens is 1. The average Bonchev–Trinajstić information content (AvgIpc) is 3.08. The van der Waals surface area contributed by atoms with E-state index < -0.39 is 11.9 Å². The zero-order chi connectivity index (χ0) is 18.3. The van der Waals surface area contributed by atoms with Crippen molar-refractivity contribution in [3.8, 4) is 0 Å². The van der Waals surface area contributed by atoms with Gasteiger partial charge in [0, 0.05) is 25.3 Å². The first-order valence-electron chi connectivity index (χ1n) is 8.25. The summed E-state index contributed by atoms with van der Waals surface area (Å²) >= 11 is 7.14. The van der Waals surface area contributed by atoms with Crippen LogP contribution >= 0.6 is 22.9 Å². The molecule has 1 unspecified atom stereocenters. The molecule has 0 bridgehead atoms. The van der Waals surface area contributed by atoms with Gasteiger partial charge in [-0.3, -0.25) is 14.5 Å². The highest BCUT2D eigenvalue weighted by molar-refractivity contribution is 7.17. The van der Waals surface area contributed by atoms with Gasteiger partial charge in [-0.15, -0.1) is 11.3 Å². The molecule has 1 aromatic heterocycles. The van der Waals surface area contributed by atoms with Crippen LogP contribution in [0.2, 0.25) is 4.34 Å². The Morgan fingerprint density at radius 3 is 2.69 bits per heavy atom. The van der Waals surface area contributed by atoms with Crippen molar-refractivity contribution >= 4 is 52.8 Å². The smallest absolute Gasteiger partial charge is 0.338 e. The molecule has 4 heterocycles. The highest BCUT2D eigenvalue weighted by atomic mass is 35.5. The summed E-state index contributed by atoms with van der Waals surface area (Å²) in [6.45, 7) is 0.955. The third kappa shape index (κ3) is 2.99. The number of fused-ring (bicyclic) bond motifs is 1. The Bertz CT molecular complexity index is 867. The maximum atomic E-state index is 12.7. The van der Waals surface area contributed by atoms with Gasteiger partial charge in [-0.1, -0.05) is 17.7 Å². The van der Waals surface area contributed by atoms with Crippen molar-refractivity contribution in [2.45, 2.75) is 18.9 Å². The number of hydrogen-bond donors (Lipinski definition) is 0. The second kappa shape index (κ2) is 6.77. The van der Waals surface area contributed by atoms with E-state index in [2.05, 4.69) is 9.98 Å². The normalized spacial score (nSPS) is 23.3. The SMILES string of the molecule is O=C(c1ccc(Cl)s1)N1CCC(N2C(=O)N=C3N=CC=CC3C2=O)CC1. The van der Waals surface area contributed by atoms with Crippen LogP contribution in [0.5, 0.6) is 0 Å². The van der Waals surface area contributed by atoms with Gasteiger partial charge in [-0.05, 0) is 31.1 Å². The molecule has 134 valence electrons. The van der Waals surface area contributed by atoms with Crippen LogP contribution in [0.3, 0.4) is 0 Å². The highest BCUT2D eigenvalue weighted by Crippen LogP contribution is 2.27. The van der Waals surface area contributed by atoms with Crippen molar-refractivity contribution in [2.75, 3.05) is 13.1 Å². The lowest BCUT2D eigenvalue weighted by atomic mass is 9.97. The molecule has 1 fully saturated rings. The first kappa shape index (κ1) is 17.1. The monoisotopic (exact) mass is 390 g/mol. The lowest BCUT2D eigenvalue weighted by molar-refractivity contribution is -0.131. The number of aliphatic imine (C=N–C) groups is 2. The molecule has 3 aliphatic heterocycles. The molecule has 0 spiro atoms. The summed E-state index contributed by atoms with van der Waals surface area (Å²) in [6, 6.07) is 2.59. The number of carbonyl (C=O) groups excluding carboxylic acids is 3. The van der Waals surface area contributed by atoms with Crippen molar-refractivity contribution in [2.24, 2.45) is 15.9 Å². The number of allylic oxidation sites excluding steroid dienone is 1. The predicted octanol–water partition coefficient (Wildman–Crippen LogP) is 2.62. The summed E-state index contributed by atoms with van der Waals surface area (Å²) in [5.41, 5.74) is 0. The van der Waals surface area contributed by atoms with Crippen LogP contribution in [-0.2, 0) is 4.79 Å². The number of dihydropyridines is 1. The molecule has 26 heavy (non-hydrogen) atoms. The zero-order valence-electron chi connectivity index (χ0n) is 13.7. The average molecular weight is 391 g/mol. The second-order valence-electron chi connectivity index (χ2n) is 6.23. The molecule has 0 aromatic carbocycles. The van der Waals surface area contributed by atoms with Gasteiger partial charge in [-0.2, -0.15) is 4.99 Å². The number of hydrogen-bond acceptors (Lipinski definition) is 5. The Morgan fingerprint density at radius 2 is 2.00 bits per heavy atom. The number of thiophene rings is 1. The lowest BCUT2D eigenvalue weighted by Gasteiger charge is -2.39. The Hall–Kier alpha value is -2.32.